The first kappa shape index (κ1) is 20.5. The number of imidazole rings is 1. The van der Waals surface area contributed by atoms with Gasteiger partial charge in [0.1, 0.15) is 18.0 Å². The number of carbonyl (C=O) groups excluding carboxylic acids is 2. The van der Waals surface area contributed by atoms with Gasteiger partial charge in [-0.2, -0.15) is 0 Å². The number of anilines is 1. The van der Waals surface area contributed by atoms with Crippen LogP contribution < -0.4 is 10.6 Å². The SMILES string of the molecule is O=C(NCC1CCCN(C(=O)c2ccc(-n3ccnc3)nc2)C1)Nc1cccc(F)c1. The number of aromatic nitrogens is 3. The molecule has 1 aromatic carbocycles. The van der Waals surface area contributed by atoms with Crippen LogP contribution in [0.4, 0.5) is 14.9 Å². The zero-order valence-electron chi connectivity index (χ0n) is 16.9. The molecule has 1 fully saturated rings. The summed E-state index contributed by atoms with van der Waals surface area (Å²) >= 11 is 0. The quantitative estimate of drug-likeness (QED) is 0.661. The molecule has 3 heterocycles. The van der Waals surface area contributed by atoms with Gasteiger partial charge in [-0.1, -0.05) is 6.07 Å². The predicted molar refractivity (Wildman–Crippen MR) is 113 cm³/mol. The fourth-order valence-electron chi connectivity index (χ4n) is 3.64. The van der Waals surface area contributed by atoms with Gasteiger partial charge in [-0.3, -0.25) is 9.36 Å². The molecule has 0 spiro atoms. The van der Waals surface area contributed by atoms with Crippen LogP contribution in [0.25, 0.3) is 5.82 Å². The number of rotatable bonds is 5. The number of carbonyl (C=O) groups is 2. The van der Waals surface area contributed by atoms with Gasteiger partial charge < -0.3 is 15.5 Å². The highest BCUT2D eigenvalue weighted by molar-refractivity contribution is 5.94. The highest BCUT2D eigenvalue weighted by Gasteiger charge is 2.25. The Morgan fingerprint density at radius 1 is 1.23 bits per heavy atom. The monoisotopic (exact) mass is 422 g/mol. The van der Waals surface area contributed by atoms with E-state index in [1.165, 1.54) is 18.2 Å². The molecule has 0 aliphatic carbocycles. The molecule has 0 bridgehead atoms. The first-order valence-electron chi connectivity index (χ1n) is 10.1. The lowest BCUT2D eigenvalue weighted by atomic mass is 9.97. The van der Waals surface area contributed by atoms with Gasteiger partial charge in [0.05, 0.1) is 5.56 Å². The molecular weight excluding hydrogens is 399 g/mol. The molecule has 3 aromatic rings. The number of piperidine rings is 1. The van der Waals surface area contributed by atoms with E-state index < -0.39 is 11.8 Å². The Bertz CT molecular complexity index is 1040. The van der Waals surface area contributed by atoms with Crippen molar-refractivity contribution in [2.45, 2.75) is 12.8 Å². The van der Waals surface area contributed by atoms with Crippen molar-refractivity contribution in [2.75, 3.05) is 25.0 Å². The molecule has 3 amide bonds. The highest BCUT2D eigenvalue weighted by Crippen LogP contribution is 2.19. The van der Waals surface area contributed by atoms with Gasteiger partial charge in [-0.05, 0) is 49.1 Å². The third kappa shape index (κ3) is 5.25. The van der Waals surface area contributed by atoms with E-state index in [1.807, 2.05) is 0 Å². The van der Waals surface area contributed by atoms with Crippen LogP contribution in [-0.2, 0) is 0 Å². The molecular formula is C22H23FN6O2. The van der Waals surface area contributed by atoms with E-state index in [-0.39, 0.29) is 11.8 Å². The van der Waals surface area contributed by atoms with Crippen LogP contribution >= 0.6 is 0 Å². The summed E-state index contributed by atoms with van der Waals surface area (Å²) in [5, 5.41) is 5.42. The van der Waals surface area contributed by atoms with Gasteiger partial charge >= 0.3 is 6.03 Å². The molecule has 8 nitrogen and oxygen atoms in total. The van der Waals surface area contributed by atoms with Gasteiger partial charge in [-0.15, -0.1) is 0 Å². The van der Waals surface area contributed by atoms with Crippen LogP contribution in [0.1, 0.15) is 23.2 Å². The van der Waals surface area contributed by atoms with E-state index in [4.69, 9.17) is 0 Å². The summed E-state index contributed by atoms with van der Waals surface area (Å²) < 4.78 is 15.0. The van der Waals surface area contributed by atoms with E-state index in [0.717, 1.165) is 12.8 Å². The lowest BCUT2D eigenvalue weighted by molar-refractivity contribution is 0.0674. The number of hydrogen-bond donors (Lipinski definition) is 2. The second-order valence-electron chi connectivity index (χ2n) is 7.48. The maximum atomic E-state index is 13.2. The van der Waals surface area contributed by atoms with Crippen molar-refractivity contribution >= 4 is 17.6 Å². The Morgan fingerprint density at radius 2 is 2.13 bits per heavy atom. The first-order chi connectivity index (χ1) is 15.1. The minimum atomic E-state index is -0.410. The maximum absolute atomic E-state index is 13.2. The summed E-state index contributed by atoms with van der Waals surface area (Å²) in [6.07, 6.45) is 8.46. The summed E-state index contributed by atoms with van der Waals surface area (Å²) in [4.78, 5) is 35.1. The summed E-state index contributed by atoms with van der Waals surface area (Å²) in [7, 11) is 0. The van der Waals surface area contributed by atoms with Crippen molar-refractivity contribution in [1.29, 1.82) is 0 Å². The smallest absolute Gasteiger partial charge is 0.319 e. The normalized spacial score (nSPS) is 16.0. The average Bonchev–Trinajstić information content (AvgIpc) is 3.33. The second kappa shape index (κ2) is 9.38. The molecule has 1 unspecified atom stereocenters. The van der Waals surface area contributed by atoms with Crippen molar-refractivity contribution in [1.82, 2.24) is 24.8 Å². The average molecular weight is 422 g/mol. The molecule has 160 valence electrons. The Balaban J connectivity index is 1.29. The summed E-state index contributed by atoms with van der Waals surface area (Å²) in [6.45, 7) is 1.67. The summed E-state index contributed by atoms with van der Waals surface area (Å²) in [5.41, 5.74) is 0.922. The topological polar surface area (TPSA) is 92.2 Å². The van der Waals surface area contributed by atoms with Crippen LogP contribution in [0.15, 0.2) is 61.3 Å². The molecule has 1 aliphatic rings. The van der Waals surface area contributed by atoms with E-state index in [9.17, 15) is 14.0 Å². The van der Waals surface area contributed by atoms with Crippen LogP contribution in [0.3, 0.4) is 0 Å². The number of benzene rings is 1. The molecule has 0 saturated carbocycles. The van der Waals surface area contributed by atoms with Crippen molar-refractivity contribution in [3.05, 3.63) is 72.7 Å². The fourth-order valence-corrected chi connectivity index (χ4v) is 3.64. The standard InChI is InChI=1S/C22H23FN6O2/c23-18-4-1-5-19(11-18)27-22(31)26-12-16-3-2-9-28(14-16)21(30)17-6-7-20(25-13-17)29-10-8-24-15-29/h1,4-8,10-11,13,15-16H,2-3,9,12,14H2,(H2,26,27,31). The number of nitrogens with zero attached hydrogens (tertiary/aromatic N) is 4. The zero-order valence-corrected chi connectivity index (χ0v) is 16.9. The third-order valence-corrected chi connectivity index (χ3v) is 5.20. The van der Waals surface area contributed by atoms with Crippen molar-refractivity contribution < 1.29 is 14.0 Å². The van der Waals surface area contributed by atoms with E-state index >= 15 is 0 Å². The Kier molecular flexibility index (Phi) is 6.21. The molecule has 2 N–H and O–H groups in total. The number of pyridine rings is 1. The summed E-state index contributed by atoms with van der Waals surface area (Å²) in [6, 6.07) is 8.88. The molecule has 4 rings (SSSR count). The molecule has 9 heteroatoms. The second-order valence-corrected chi connectivity index (χ2v) is 7.48. The zero-order chi connectivity index (χ0) is 21.6. The number of likely N-dealkylation sites (tertiary alicyclic amines) is 1. The third-order valence-electron chi connectivity index (χ3n) is 5.20. The number of halogens is 1. The van der Waals surface area contributed by atoms with Gasteiger partial charge in [0, 0.05) is 43.9 Å². The Morgan fingerprint density at radius 3 is 2.87 bits per heavy atom. The molecule has 31 heavy (non-hydrogen) atoms. The molecule has 2 aromatic heterocycles. The molecule has 1 atom stereocenters. The van der Waals surface area contributed by atoms with Crippen molar-refractivity contribution in [3.63, 3.8) is 0 Å². The number of amides is 3. The number of urea groups is 1. The van der Waals surface area contributed by atoms with Crippen molar-refractivity contribution in [3.8, 4) is 5.82 Å². The number of hydrogen-bond acceptors (Lipinski definition) is 4. The minimum absolute atomic E-state index is 0.0707. The molecule has 0 radical (unpaired) electrons. The minimum Gasteiger partial charge on any atom is -0.338 e. The van der Waals surface area contributed by atoms with Gasteiger partial charge in [0.25, 0.3) is 5.91 Å². The number of nitrogens with one attached hydrogen (secondary N) is 2. The van der Waals surface area contributed by atoms with Crippen LogP contribution in [0.5, 0.6) is 0 Å². The van der Waals surface area contributed by atoms with Gasteiger partial charge in [0.15, 0.2) is 0 Å². The van der Waals surface area contributed by atoms with Gasteiger partial charge in [0.2, 0.25) is 0 Å². The van der Waals surface area contributed by atoms with Crippen LogP contribution in [-0.4, -0.2) is 51.0 Å². The summed E-state index contributed by atoms with van der Waals surface area (Å²) in [5.74, 6) is 0.360. The van der Waals surface area contributed by atoms with Crippen LogP contribution in [0, 0.1) is 11.7 Å². The Labute approximate surface area is 179 Å². The Hall–Kier alpha value is -3.75. The largest absolute Gasteiger partial charge is 0.338 e. The van der Waals surface area contributed by atoms with E-state index in [2.05, 4.69) is 20.6 Å². The van der Waals surface area contributed by atoms with E-state index in [0.29, 0.717) is 36.7 Å². The fraction of sp³-hybridized carbons (Fsp3) is 0.273. The predicted octanol–water partition coefficient (Wildman–Crippen LogP) is 3.08. The first-order valence-corrected chi connectivity index (χ1v) is 10.1. The molecule has 1 aliphatic heterocycles. The highest BCUT2D eigenvalue weighted by atomic mass is 19.1. The van der Waals surface area contributed by atoms with E-state index in [1.54, 1.807) is 52.6 Å². The van der Waals surface area contributed by atoms with Crippen molar-refractivity contribution in [2.24, 2.45) is 5.92 Å². The molecule has 1 saturated heterocycles. The maximum Gasteiger partial charge on any atom is 0.319 e. The van der Waals surface area contributed by atoms with Crippen LogP contribution in [0.2, 0.25) is 0 Å². The van der Waals surface area contributed by atoms with Gasteiger partial charge in [-0.25, -0.2) is 19.2 Å². The lowest BCUT2D eigenvalue weighted by Crippen LogP contribution is -2.44. The lowest BCUT2D eigenvalue weighted by Gasteiger charge is -2.33.